The van der Waals surface area contributed by atoms with E-state index in [2.05, 4.69) is 38.5 Å². The molecule has 0 unspecified atom stereocenters. The molecule has 1 aliphatic carbocycles. The maximum Gasteiger partial charge on any atom is 0.407 e. The number of rotatable bonds is 8. The third-order valence-electron chi connectivity index (χ3n) is 6.43. The van der Waals surface area contributed by atoms with E-state index in [0.29, 0.717) is 19.1 Å². The summed E-state index contributed by atoms with van der Waals surface area (Å²) < 4.78 is 13.0. The number of aromatic nitrogens is 3. The molecule has 1 aromatic carbocycles. The van der Waals surface area contributed by atoms with Gasteiger partial charge in [0.05, 0.1) is 19.0 Å². The smallest absolute Gasteiger partial charge is 0.407 e. The Morgan fingerprint density at radius 3 is 2.57 bits per heavy atom. The summed E-state index contributed by atoms with van der Waals surface area (Å²) in [6.45, 7) is 6.63. The van der Waals surface area contributed by atoms with Crippen molar-refractivity contribution in [2.75, 3.05) is 12.4 Å². The first kappa shape index (κ1) is 25.1. The van der Waals surface area contributed by atoms with Crippen molar-refractivity contribution < 1.29 is 14.3 Å². The van der Waals surface area contributed by atoms with Crippen LogP contribution in [0, 0.1) is 0 Å². The summed E-state index contributed by atoms with van der Waals surface area (Å²) in [4.78, 5) is 23.6. The largest absolute Gasteiger partial charge is 0.497 e. The molecule has 0 spiro atoms. The van der Waals surface area contributed by atoms with Gasteiger partial charge in [-0.2, -0.15) is 0 Å². The van der Waals surface area contributed by atoms with E-state index < -0.39 is 11.7 Å². The number of benzene rings is 1. The summed E-state index contributed by atoms with van der Waals surface area (Å²) in [5.74, 6) is 1.65. The van der Waals surface area contributed by atoms with Gasteiger partial charge in [-0.3, -0.25) is 0 Å². The van der Waals surface area contributed by atoms with E-state index in [9.17, 15) is 4.79 Å². The molecule has 9 heteroatoms. The van der Waals surface area contributed by atoms with E-state index in [-0.39, 0.29) is 0 Å². The fourth-order valence-corrected chi connectivity index (χ4v) is 5.33. The Bertz CT molecular complexity index is 1380. The van der Waals surface area contributed by atoms with Crippen molar-refractivity contribution in [1.82, 2.24) is 19.9 Å². The summed E-state index contributed by atoms with van der Waals surface area (Å²) >= 11 is 1.66. The Morgan fingerprint density at radius 2 is 1.89 bits per heavy atom. The predicted molar refractivity (Wildman–Crippen MR) is 147 cm³/mol. The molecule has 5 rings (SSSR count). The maximum atomic E-state index is 12.1. The molecule has 0 saturated heterocycles. The van der Waals surface area contributed by atoms with Gasteiger partial charge in [-0.25, -0.2) is 14.8 Å². The number of hydrogen-bond donors (Lipinski definition) is 2. The van der Waals surface area contributed by atoms with Crippen molar-refractivity contribution in [2.45, 2.75) is 64.8 Å². The van der Waals surface area contributed by atoms with Gasteiger partial charge in [0.1, 0.15) is 29.1 Å². The highest BCUT2D eigenvalue weighted by molar-refractivity contribution is 7.15. The Kier molecular flexibility index (Phi) is 7.06. The minimum atomic E-state index is -0.525. The third-order valence-corrected chi connectivity index (χ3v) is 7.55. The molecular formula is C28H33N5O3S. The zero-order valence-electron chi connectivity index (χ0n) is 21.7. The Morgan fingerprint density at radius 1 is 1.11 bits per heavy atom. The molecule has 3 heterocycles. The molecule has 1 saturated carbocycles. The van der Waals surface area contributed by atoms with Crippen LogP contribution in [0.3, 0.4) is 0 Å². The number of carbonyl (C=O) groups excluding carboxylic acids is 1. The first-order valence-electron chi connectivity index (χ1n) is 12.6. The van der Waals surface area contributed by atoms with E-state index in [1.807, 2.05) is 45.0 Å². The van der Waals surface area contributed by atoms with Gasteiger partial charge >= 0.3 is 6.09 Å². The minimum absolute atomic E-state index is 0.414. The first-order chi connectivity index (χ1) is 17.8. The minimum Gasteiger partial charge on any atom is -0.497 e. The molecule has 37 heavy (non-hydrogen) atoms. The number of nitrogens with one attached hydrogen (secondary N) is 2. The Hall–Kier alpha value is -3.59. The van der Waals surface area contributed by atoms with Gasteiger partial charge in [0.25, 0.3) is 0 Å². The first-order valence-corrected chi connectivity index (χ1v) is 13.4. The second-order valence-corrected chi connectivity index (χ2v) is 11.4. The van der Waals surface area contributed by atoms with Gasteiger partial charge in [-0.1, -0.05) is 12.1 Å². The number of thiophene rings is 1. The standard InChI is InChI=1S/C28H33N5O3S/c1-28(2,3)36-27(34)30-15-21-12-13-23(37-21)22-16-33(19-6-5-7-19)26-24(22)25(31-17-32-26)29-14-18-8-10-20(35-4)11-9-18/h8-13,16-17,19H,5-7,14-15H2,1-4H3,(H,30,34)(H,29,31,32). The highest BCUT2D eigenvalue weighted by Crippen LogP contribution is 2.42. The normalized spacial score (nSPS) is 13.8. The van der Waals surface area contributed by atoms with E-state index >= 15 is 0 Å². The van der Waals surface area contributed by atoms with Crippen LogP contribution >= 0.6 is 11.3 Å². The highest BCUT2D eigenvalue weighted by atomic mass is 32.1. The molecule has 194 valence electrons. The molecular weight excluding hydrogens is 486 g/mol. The average molecular weight is 520 g/mol. The number of ether oxygens (including phenoxy) is 2. The van der Waals surface area contributed by atoms with Gasteiger partial charge in [0.15, 0.2) is 0 Å². The van der Waals surface area contributed by atoms with E-state index in [4.69, 9.17) is 14.5 Å². The zero-order valence-corrected chi connectivity index (χ0v) is 22.5. The molecule has 1 amide bonds. The van der Waals surface area contributed by atoms with Crippen molar-refractivity contribution in [1.29, 1.82) is 0 Å². The molecule has 1 fully saturated rings. The van der Waals surface area contributed by atoms with E-state index in [1.54, 1.807) is 24.8 Å². The lowest BCUT2D eigenvalue weighted by Crippen LogP contribution is -2.31. The lowest BCUT2D eigenvalue weighted by molar-refractivity contribution is 0.0524. The number of alkyl carbamates (subject to hydrolysis) is 1. The quantitative estimate of drug-likeness (QED) is 0.275. The van der Waals surface area contributed by atoms with Gasteiger partial charge in [0.2, 0.25) is 0 Å². The predicted octanol–water partition coefficient (Wildman–Crippen LogP) is 6.53. The highest BCUT2D eigenvalue weighted by Gasteiger charge is 2.25. The second kappa shape index (κ2) is 10.4. The second-order valence-electron chi connectivity index (χ2n) is 10.3. The van der Waals surface area contributed by atoms with Crippen LogP contribution in [0.1, 0.15) is 56.5 Å². The third kappa shape index (κ3) is 5.72. The van der Waals surface area contributed by atoms with Crippen LogP contribution < -0.4 is 15.4 Å². The number of amides is 1. The van der Waals surface area contributed by atoms with Crippen LogP contribution in [-0.4, -0.2) is 33.3 Å². The molecule has 1 aliphatic rings. The molecule has 8 nitrogen and oxygen atoms in total. The summed E-state index contributed by atoms with van der Waals surface area (Å²) in [6, 6.07) is 12.7. The van der Waals surface area contributed by atoms with Gasteiger partial charge in [0, 0.05) is 34.1 Å². The molecule has 3 aromatic heterocycles. The number of anilines is 1. The van der Waals surface area contributed by atoms with Gasteiger partial charge in [-0.15, -0.1) is 11.3 Å². The number of fused-ring (bicyclic) bond motifs is 1. The van der Waals surface area contributed by atoms with E-state index in [1.165, 1.54) is 6.42 Å². The van der Waals surface area contributed by atoms with E-state index in [0.717, 1.165) is 56.3 Å². The topological polar surface area (TPSA) is 90.3 Å². The fraction of sp³-hybridized carbons (Fsp3) is 0.393. The molecule has 4 aromatic rings. The summed E-state index contributed by atoms with van der Waals surface area (Å²) in [5.41, 5.74) is 2.67. The number of hydrogen-bond acceptors (Lipinski definition) is 7. The molecule has 0 atom stereocenters. The molecule has 2 N–H and O–H groups in total. The summed E-state index contributed by atoms with van der Waals surface area (Å²) in [6.07, 6.45) is 7.02. The number of carbonyl (C=O) groups is 1. The Balaban J connectivity index is 1.42. The monoisotopic (exact) mass is 519 g/mol. The maximum absolute atomic E-state index is 12.1. The lowest BCUT2D eigenvalue weighted by atomic mass is 9.93. The van der Waals surface area contributed by atoms with Crippen LogP contribution in [0.4, 0.5) is 10.6 Å². The lowest BCUT2D eigenvalue weighted by Gasteiger charge is -2.27. The number of nitrogens with zero attached hydrogens (tertiary/aromatic N) is 3. The van der Waals surface area contributed by atoms with Crippen LogP contribution in [0.25, 0.3) is 21.5 Å². The SMILES string of the molecule is COc1ccc(CNc2ncnc3c2c(-c2ccc(CNC(=O)OC(C)(C)C)s2)cn3C2CCC2)cc1. The number of methoxy groups -OCH3 is 1. The van der Waals surface area contributed by atoms with Crippen LogP contribution in [0.5, 0.6) is 5.75 Å². The van der Waals surface area contributed by atoms with Crippen molar-refractivity contribution in [3.05, 3.63) is 59.4 Å². The van der Waals surface area contributed by atoms with Gasteiger partial charge in [-0.05, 0) is 69.9 Å². The van der Waals surface area contributed by atoms with Gasteiger partial charge < -0.3 is 24.7 Å². The van der Waals surface area contributed by atoms with Crippen LogP contribution in [0.2, 0.25) is 0 Å². The fourth-order valence-electron chi connectivity index (χ4n) is 4.37. The van der Waals surface area contributed by atoms with Crippen molar-refractivity contribution in [3.8, 4) is 16.2 Å². The van der Waals surface area contributed by atoms with Crippen molar-refractivity contribution >= 4 is 34.3 Å². The van der Waals surface area contributed by atoms with Crippen molar-refractivity contribution in [2.24, 2.45) is 0 Å². The summed E-state index contributed by atoms with van der Waals surface area (Å²) in [7, 11) is 1.67. The average Bonchev–Trinajstić information content (AvgIpc) is 3.45. The molecule has 0 aliphatic heterocycles. The van der Waals surface area contributed by atoms with Crippen molar-refractivity contribution in [3.63, 3.8) is 0 Å². The van der Waals surface area contributed by atoms with Crippen LogP contribution in [0.15, 0.2) is 48.9 Å². The summed E-state index contributed by atoms with van der Waals surface area (Å²) in [5, 5.41) is 7.41. The van der Waals surface area contributed by atoms with Crippen LogP contribution in [-0.2, 0) is 17.8 Å². The zero-order chi connectivity index (χ0) is 26.0. The Labute approximate surface area is 221 Å². The molecule has 0 bridgehead atoms. The molecule has 0 radical (unpaired) electrons.